The Bertz CT molecular complexity index is 1130. The Morgan fingerprint density at radius 2 is 1.63 bits per heavy atom. The number of urea groups is 1. The van der Waals surface area contributed by atoms with Gasteiger partial charge in [0, 0.05) is 17.6 Å². The van der Waals surface area contributed by atoms with Crippen molar-refractivity contribution in [3.05, 3.63) is 84.2 Å². The Morgan fingerprint density at radius 3 is 2.33 bits per heavy atom. The molecule has 0 spiro atoms. The molecular formula is C23H19N3O4. The highest BCUT2D eigenvalue weighted by atomic mass is 16.5. The average molecular weight is 401 g/mol. The molecule has 1 saturated heterocycles. The third-order valence-corrected chi connectivity index (χ3v) is 4.61. The maximum Gasteiger partial charge on any atom is 0.335 e. The molecule has 2 aromatic carbocycles. The molecule has 0 unspecified atom stereocenters. The number of ether oxygens (including phenoxy) is 1. The number of aromatic nitrogens is 1. The first kappa shape index (κ1) is 19.2. The molecule has 0 aliphatic carbocycles. The smallest absolute Gasteiger partial charge is 0.335 e. The zero-order chi connectivity index (χ0) is 21.1. The highest BCUT2D eigenvalue weighted by molar-refractivity contribution is 6.39. The van der Waals surface area contributed by atoms with Crippen molar-refractivity contribution in [2.45, 2.75) is 6.92 Å². The molecule has 30 heavy (non-hydrogen) atoms. The molecule has 150 valence electrons. The van der Waals surface area contributed by atoms with Crippen molar-refractivity contribution < 1.29 is 19.1 Å². The lowest BCUT2D eigenvalue weighted by Crippen LogP contribution is -2.54. The molecule has 0 radical (unpaired) electrons. The van der Waals surface area contributed by atoms with Gasteiger partial charge in [-0.15, -0.1) is 0 Å². The predicted octanol–water partition coefficient (Wildman–Crippen LogP) is 3.54. The number of anilines is 1. The van der Waals surface area contributed by atoms with Gasteiger partial charge in [-0.25, -0.2) is 9.69 Å². The van der Waals surface area contributed by atoms with Crippen LogP contribution in [0.25, 0.3) is 11.8 Å². The SMILES string of the molecule is CCOc1ccc(-n2cccc2C=C2C(=O)NC(=O)N(c3ccccc3)C2=O)cc1. The Morgan fingerprint density at radius 1 is 0.900 bits per heavy atom. The number of para-hydroxylation sites is 1. The number of nitrogens with one attached hydrogen (secondary N) is 1. The van der Waals surface area contributed by atoms with E-state index in [1.54, 1.807) is 36.4 Å². The molecule has 0 atom stereocenters. The van der Waals surface area contributed by atoms with E-state index in [2.05, 4.69) is 5.32 Å². The van der Waals surface area contributed by atoms with Crippen molar-refractivity contribution in [2.24, 2.45) is 0 Å². The summed E-state index contributed by atoms with van der Waals surface area (Å²) in [4.78, 5) is 38.6. The van der Waals surface area contributed by atoms with E-state index in [1.165, 1.54) is 6.08 Å². The van der Waals surface area contributed by atoms with Gasteiger partial charge in [0.15, 0.2) is 0 Å². The van der Waals surface area contributed by atoms with Crippen LogP contribution in [-0.4, -0.2) is 29.0 Å². The van der Waals surface area contributed by atoms with Crippen LogP contribution in [0.5, 0.6) is 5.75 Å². The maximum atomic E-state index is 13.0. The van der Waals surface area contributed by atoms with E-state index in [9.17, 15) is 14.4 Å². The molecule has 7 heteroatoms. The number of hydrogen-bond acceptors (Lipinski definition) is 4. The number of rotatable bonds is 5. The lowest BCUT2D eigenvalue weighted by atomic mass is 10.1. The van der Waals surface area contributed by atoms with E-state index in [0.717, 1.165) is 16.3 Å². The fraction of sp³-hybridized carbons (Fsp3) is 0.0870. The van der Waals surface area contributed by atoms with E-state index < -0.39 is 17.8 Å². The molecule has 1 aromatic heterocycles. The Hall–Kier alpha value is -4.13. The van der Waals surface area contributed by atoms with E-state index in [4.69, 9.17) is 4.74 Å². The van der Waals surface area contributed by atoms with Crippen LogP contribution in [0, 0.1) is 0 Å². The summed E-state index contributed by atoms with van der Waals surface area (Å²) in [5.74, 6) is -0.641. The van der Waals surface area contributed by atoms with Gasteiger partial charge in [-0.1, -0.05) is 18.2 Å². The summed E-state index contributed by atoms with van der Waals surface area (Å²) in [7, 11) is 0. The van der Waals surface area contributed by atoms with Crippen molar-refractivity contribution in [1.82, 2.24) is 9.88 Å². The summed E-state index contributed by atoms with van der Waals surface area (Å²) in [5.41, 5.74) is 1.74. The molecule has 2 heterocycles. The van der Waals surface area contributed by atoms with Crippen molar-refractivity contribution in [3.63, 3.8) is 0 Å². The second kappa shape index (κ2) is 8.08. The maximum absolute atomic E-state index is 13.0. The van der Waals surface area contributed by atoms with Crippen molar-refractivity contribution in [3.8, 4) is 11.4 Å². The first-order valence-electron chi connectivity index (χ1n) is 9.45. The fourth-order valence-corrected chi connectivity index (χ4v) is 3.23. The summed E-state index contributed by atoms with van der Waals surface area (Å²) in [5, 5.41) is 2.23. The van der Waals surface area contributed by atoms with Gasteiger partial charge in [0.05, 0.1) is 12.3 Å². The molecular weight excluding hydrogens is 382 g/mol. The first-order chi connectivity index (χ1) is 14.6. The minimum Gasteiger partial charge on any atom is -0.494 e. The zero-order valence-electron chi connectivity index (χ0n) is 16.2. The Labute approximate surface area is 173 Å². The van der Waals surface area contributed by atoms with Crippen LogP contribution in [-0.2, 0) is 9.59 Å². The highest BCUT2D eigenvalue weighted by Crippen LogP contribution is 2.23. The third-order valence-electron chi connectivity index (χ3n) is 4.61. The normalized spacial score (nSPS) is 15.4. The average Bonchev–Trinajstić information content (AvgIpc) is 3.21. The number of nitrogens with zero attached hydrogens (tertiary/aromatic N) is 2. The molecule has 3 aromatic rings. The predicted molar refractivity (Wildman–Crippen MR) is 112 cm³/mol. The molecule has 1 aliphatic heterocycles. The van der Waals surface area contributed by atoms with Crippen molar-refractivity contribution >= 4 is 29.6 Å². The Kier molecular flexibility index (Phi) is 5.17. The van der Waals surface area contributed by atoms with E-state index >= 15 is 0 Å². The number of benzene rings is 2. The van der Waals surface area contributed by atoms with Crippen LogP contribution in [0.1, 0.15) is 12.6 Å². The number of carbonyl (C=O) groups is 3. The van der Waals surface area contributed by atoms with Gasteiger partial charge in [0.1, 0.15) is 11.3 Å². The number of carbonyl (C=O) groups excluding carboxylic acids is 3. The lowest BCUT2D eigenvalue weighted by Gasteiger charge is -2.26. The van der Waals surface area contributed by atoms with E-state index in [1.807, 2.05) is 48.0 Å². The summed E-state index contributed by atoms with van der Waals surface area (Å²) < 4.78 is 7.31. The topological polar surface area (TPSA) is 80.6 Å². The number of amides is 4. The van der Waals surface area contributed by atoms with Crippen LogP contribution in [0.4, 0.5) is 10.5 Å². The summed E-state index contributed by atoms with van der Waals surface area (Å²) >= 11 is 0. The Balaban J connectivity index is 1.69. The highest BCUT2D eigenvalue weighted by Gasteiger charge is 2.36. The molecule has 1 N–H and O–H groups in total. The van der Waals surface area contributed by atoms with Crippen molar-refractivity contribution in [1.29, 1.82) is 0 Å². The minimum absolute atomic E-state index is 0.121. The van der Waals surface area contributed by atoms with E-state index in [0.29, 0.717) is 18.0 Å². The van der Waals surface area contributed by atoms with E-state index in [-0.39, 0.29) is 5.57 Å². The molecule has 0 saturated carbocycles. The van der Waals surface area contributed by atoms with Crippen LogP contribution in [0.2, 0.25) is 0 Å². The number of barbiturate groups is 1. The largest absolute Gasteiger partial charge is 0.494 e. The van der Waals surface area contributed by atoms with Gasteiger partial charge in [-0.2, -0.15) is 0 Å². The lowest BCUT2D eigenvalue weighted by molar-refractivity contribution is -0.122. The molecule has 4 amide bonds. The molecule has 1 aliphatic rings. The quantitative estimate of drug-likeness (QED) is 0.524. The monoisotopic (exact) mass is 401 g/mol. The second-order valence-corrected chi connectivity index (χ2v) is 6.52. The zero-order valence-corrected chi connectivity index (χ0v) is 16.2. The second-order valence-electron chi connectivity index (χ2n) is 6.52. The van der Waals surface area contributed by atoms with Gasteiger partial charge < -0.3 is 9.30 Å². The molecule has 1 fully saturated rings. The summed E-state index contributed by atoms with van der Waals surface area (Å²) in [6.07, 6.45) is 3.31. The third kappa shape index (κ3) is 3.60. The minimum atomic E-state index is -0.768. The standard InChI is InChI=1S/C23H19N3O4/c1-2-30-19-12-10-16(11-13-19)25-14-6-9-18(25)15-20-21(27)24-23(29)26(22(20)28)17-7-4-3-5-8-17/h3-15H,2H2,1H3,(H,24,27,29). The molecule has 7 nitrogen and oxygen atoms in total. The van der Waals surface area contributed by atoms with Crippen LogP contribution in [0.3, 0.4) is 0 Å². The van der Waals surface area contributed by atoms with Crippen molar-refractivity contribution in [2.75, 3.05) is 11.5 Å². The fourth-order valence-electron chi connectivity index (χ4n) is 3.23. The van der Waals surface area contributed by atoms with Gasteiger partial charge in [-0.05, 0) is 61.5 Å². The summed E-state index contributed by atoms with van der Waals surface area (Å²) in [6, 6.07) is 18.8. The van der Waals surface area contributed by atoms with Crippen LogP contribution < -0.4 is 15.0 Å². The first-order valence-corrected chi connectivity index (χ1v) is 9.45. The van der Waals surface area contributed by atoms with Gasteiger partial charge >= 0.3 is 6.03 Å². The van der Waals surface area contributed by atoms with Crippen LogP contribution in [0.15, 0.2) is 78.5 Å². The molecule has 0 bridgehead atoms. The van der Waals surface area contributed by atoms with Gasteiger partial charge in [-0.3, -0.25) is 14.9 Å². The van der Waals surface area contributed by atoms with Gasteiger partial charge in [0.2, 0.25) is 0 Å². The number of hydrogen-bond donors (Lipinski definition) is 1. The van der Waals surface area contributed by atoms with Crippen LogP contribution >= 0.6 is 0 Å². The number of imide groups is 2. The van der Waals surface area contributed by atoms with Gasteiger partial charge in [0.25, 0.3) is 11.8 Å². The molecule has 4 rings (SSSR count). The summed E-state index contributed by atoms with van der Waals surface area (Å²) in [6.45, 7) is 2.49.